The second kappa shape index (κ2) is 12.6. The SMILES string of the molecule is O=C(C=Cc1c2ccccc2cc2ccccc12)c1ccc(OCC(O)(CCCc2cnc[nH]2)c2ccc(F)cc2F)cc1. The molecular formula is C37H30F2N2O3. The molecule has 0 fully saturated rings. The summed E-state index contributed by atoms with van der Waals surface area (Å²) in [5.74, 6) is -1.34. The Labute approximate surface area is 253 Å². The molecule has 0 aliphatic heterocycles. The molecule has 0 bridgehead atoms. The molecule has 7 heteroatoms. The van der Waals surface area contributed by atoms with Gasteiger partial charge in [-0.05, 0) is 94.9 Å². The molecule has 0 saturated heterocycles. The molecular weight excluding hydrogens is 558 g/mol. The van der Waals surface area contributed by atoms with Gasteiger partial charge in [0.25, 0.3) is 0 Å². The van der Waals surface area contributed by atoms with Gasteiger partial charge in [-0.3, -0.25) is 4.79 Å². The average molecular weight is 589 g/mol. The summed E-state index contributed by atoms with van der Waals surface area (Å²) < 4.78 is 34.3. The number of carbonyl (C=O) groups excluding carboxylic acids is 1. The molecule has 220 valence electrons. The average Bonchev–Trinajstić information content (AvgIpc) is 3.56. The van der Waals surface area contributed by atoms with Crippen molar-refractivity contribution in [3.05, 3.63) is 150 Å². The quantitative estimate of drug-likeness (QED) is 0.0909. The van der Waals surface area contributed by atoms with E-state index in [4.69, 9.17) is 4.74 Å². The van der Waals surface area contributed by atoms with Gasteiger partial charge in [0.1, 0.15) is 29.6 Å². The Kier molecular flexibility index (Phi) is 8.30. The zero-order valence-corrected chi connectivity index (χ0v) is 23.8. The molecule has 6 rings (SSSR count). The van der Waals surface area contributed by atoms with Crippen LogP contribution in [0.5, 0.6) is 5.75 Å². The van der Waals surface area contributed by atoms with Crippen molar-refractivity contribution >= 4 is 33.4 Å². The van der Waals surface area contributed by atoms with Gasteiger partial charge in [0, 0.05) is 29.1 Å². The van der Waals surface area contributed by atoms with Gasteiger partial charge >= 0.3 is 0 Å². The smallest absolute Gasteiger partial charge is 0.185 e. The summed E-state index contributed by atoms with van der Waals surface area (Å²) in [6, 6.07) is 28.0. The zero-order chi connectivity index (χ0) is 30.5. The standard InChI is InChI=1S/C37H30F2N2O3/c38-28-13-17-34(35(39)21-28)37(43,19-5-8-29-22-40-24-41-29)23-44-30-14-11-25(12-15-30)36(42)18-16-33-31-9-3-1-6-26(31)20-27-7-2-4-10-32(27)33/h1-4,6-7,9-18,20-22,24,43H,5,8,19,23H2,(H,40,41). The van der Waals surface area contributed by atoms with Crippen LogP contribution in [0.2, 0.25) is 0 Å². The first-order valence-corrected chi connectivity index (χ1v) is 14.4. The zero-order valence-electron chi connectivity index (χ0n) is 23.8. The van der Waals surface area contributed by atoms with Crippen LogP contribution in [0.1, 0.15) is 40.0 Å². The highest BCUT2D eigenvalue weighted by atomic mass is 19.1. The summed E-state index contributed by atoms with van der Waals surface area (Å²) in [5.41, 5.74) is 0.581. The number of imidazole rings is 1. The van der Waals surface area contributed by atoms with Crippen LogP contribution in [0, 0.1) is 11.6 Å². The Balaban J connectivity index is 1.18. The lowest BCUT2D eigenvalue weighted by Crippen LogP contribution is -2.34. The number of aromatic nitrogens is 2. The van der Waals surface area contributed by atoms with E-state index in [0.717, 1.165) is 44.9 Å². The molecule has 0 aliphatic rings. The number of aryl methyl sites for hydroxylation is 1. The predicted octanol–water partition coefficient (Wildman–Crippen LogP) is 8.18. The van der Waals surface area contributed by atoms with E-state index >= 15 is 0 Å². The first-order chi connectivity index (χ1) is 21.4. The Morgan fingerprint density at radius 3 is 2.27 bits per heavy atom. The lowest BCUT2D eigenvalue weighted by Gasteiger charge is -2.29. The van der Waals surface area contributed by atoms with Crippen LogP contribution in [0.15, 0.2) is 116 Å². The maximum atomic E-state index is 14.8. The molecule has 44 heavy (non-hydrogen) atoms. The summed E-state index contributed by atoms with van der Waals surface area (Å²) in [6.45, 7) is -0.264. The van der Waals surface area contributed by atoms with E-state index in [1.54, 1.807) is 42.9 Å². The fourth-order valence-corrected chi connectivity index (χ4v) is 5.55. The van der Waals surface area contributed by atoms with Gasteiger partial charge in [-0.2, -0.15) is 0 Å². The molecule has 0 spiro atoms. The van der Waals surface area contributed by atoms with Gasteiger partial charge in [0.15, 0.2) is 5.78 Å². The molecule has 2 N–H and O–H groups in total. The second-order valence-corrected chi connectivity index (χ2v) is 10.8. The maximum Gasteiger partial charge on any atom is 0.185 e. The number of H-pyrrole nitrogens is 1. The summed E-state index contributed by atoms with van der Waals surface area (Å²) in [4.78, 5) is 20.1. The molecule has 6 aromatic rings. The van der Waals surface area contributed by atoms with Gasteiger partial charge in [0.05, 0.1) is 6.33 Å². The minimum atomic E-state index is -1.71. The normalized spacial score (nSPS) is 13.0. The number of aromatic amines is 1. The number of nitrogens with one attached hydrogen (secondary N) is 1. The van der Waals surface area contributed by atoms with E-state index in [-0.39, 0.29) is 24.4 Å². The van der Waals surface area contributed by atoms with Crippen LogP contribution in [-0.4, -0.2) is 27.5 Å². The van der Waals surface area contributed by atoms with Gasteiger partial charge < -0.3 is 14.8 Å². The Bertz CT molecular complexity index is 1900. The van der Waals surface area contributed by atoms with Crippen molar-refractivity contribution in [3.63, 3.8) is 0 Å². The third-order valence-electron chi connectivity index (χ3n) is 7.85. The lowest BCUT2D eigenvalue weighted by atomic mass is 9.88. The monoisotopic (exact) mass is 588 g/mol. The molecule has 5 nitrogen and oxygen atoms in total. The van der Waals surface area contributed by atoms with Gasteiger partial charge in [-0.1, -0.05) is 54.6 Å². The number of hydrogen-bond donors (Lipinski definition) is 2. The third kappa shape index (κ3) is 6.28. The number of ether oxygens (including phenoxy) is 1. The van der Waals surface area contributed by atoms with Gasteiger partial charge in [-0.25, -0.2) is 13.8 Å². The van der Waals surface area contributed by atoms with E-state index in [2.05, 4.69) is 28.2 Å². The van der Waals surface area contributed by atoms with Crippen molar-refractivity contribution < 1.29 is 23.4 Å². The Morgan fingerprint density at radius 2 is 1.61 bits per heavy atom. The largest absolute Gasteiger partial charge is 0.490 e. The first-order valence-electron chi connectivity index (χ1n) is 14.4. The van der Waals surface area contributed by atoms with Crippen LogP contribution in [0.3, 0.4) is 0 Å². The number of aliphatic hydroxyl groups is 1. The number of nitrogens with zero attached hydrogens (tertiary/aromatic N) is 1. The predicted molar refractivity (Wildman–Crippen MR) is 169 cm³/mol. The van der Waals surface area contributed by atoms with Crippen LogP contribution < -0.4 is 4.74 Å². The molecule has 0 amide bonds. The van der Waals surface area contributed by atoms with Crippen LogP contribution in [0.4, 0.5) is 8.78 Å². The maximum absolute atomic E-state index is 14.8. The van der Waals surface area contributed by atoms with E-state index in [9.17, 15) is 18.7 Å². The lowest BCUT2D eigenvalue weighted by molar-refractivity contribution is -0.0213. The van der Waals surface area contributed by atoms with Crippen molar-refractivity contribution in [1.82, 2.24) is 9.97 Å². The molecule has 0 saturated carbocycles. The number of carbonyl (C=O) groups is 1. The van der Waals surface area contributed by atoms with Crippen molar-refractivity contribution in [3.8, 4) is 5.75 Å². The molecule has 0 radical (unpaired) electrons. The Hall–Kier alpha value is -5.14. The fourth-order valence-electron chi connectivity index (χ4n) is 5.55. The van der Waals surface area contributed by atoms with Crippen molar-refractivity contribution in [1.29, 1.82) is 0 Å². The van der Waals surface area contributed by atoms with E-state index < -0.39 is 17.2 Å². The highest BCUT2D eigenvalue weighted by Crippen LogP contribution is 2.32. The molecule has 0 aliphatic carbocycles. The van der Waals surface area contributed by atoms with Crippen LogP contribution in [-0.2, 0) is 12.0 Å². The third-order valence-corrected chi connectivity index (χ3v) is 7.85. The van der Waals surface area contributed by atoms with Crippen LogP contribution in [0.25, 0.3) is 27.6 Å². The number of fused-ring (bicyclic) bond motifs is 2. The molecule has 1 atom stereocenters. The van der Waals surface area contributed by atoms with E-state index in [1.807, 2.05) is 42.5 Å². The summed E-state index contributed by atoms with van der Waals surface area (Å²) in [6.07, 6.45) is 7.95. The fraction of sp³-hybridized carbons (Fsp3) is 0.135. The molecule has 1 heterocycles. The number of benzene rings is 5. The molecule has 1 unspecified atom stereocenters. The summed E-state index contributed by atoms with van der Waals surface area (Å²) in [7, 11) is 0. The number of halogens is 2. The van der Waals surface area contributed by atoms with Crippen molar-refractivity contribution in [2.45, 2.75) is 24.9 Å². The minimum absolute atomic E-state index is 0.0404. The molecule has 1 aromatic heterocycles. The van der Waals surface area contributed by atoms with Crippen molar-refractivity contribution in [2.24, 2.45) is 0 Å². The van der Waals surface area contributed by atoms with Crippen LogP contribution >= 0.6 is 0 Å². The van der Waals surface area contributed by atoms with Gasteiger partial charge in [0.2, 0.25) is 0 Å². The topological polar surface area (TPSA) is 75.2 Å². The minimum Gasteiger partial charge on any atom is -0.490 e. The number of ketones is 1. The van der Waals surface area contributed by atoms with E-state index in [1.165, 1.54) is 6.07 Å². The van der Waals surface area contributed by atoms with Gasteiger partial charge in [-0.15, -0.1) is 0 Å². The highest BCUT2D eigenvalue weighted by Gasteiger charge is 2.33. The number of allylic oxidation sites excluding steroid dienone is 1. The molecule has 5 aromatic carbocycles. The summed E-state index contributed by atoms with van der Waals surface area (Å²) in [5, 5.41) is 15.9. The Morgan fingerprint density at radius 1 is 0.909 bits per heavy atom. The van der Waals surface area contributed by atoms with Crippen molar-refractivity contribution in [2.75, 3.05) is 6.61 Å². The summed E-state index contributed by atoms with van der Waals surface area (Å²) >= 11 is 0. The number of hydrogen-bond acceptors (Lipinski definition) is 4. The highest BCUT2D eigenvalue weighted by molar-refractivity contribution is 6.11. The second-order valence-electron chi connectivity index (χ2n) is 10.8. The first kappa shape index (κ1) is 29.0. The number of rotatable bonds is 11. The van der Waals surface area contributed by atoms with E-state index in [0.29, 0.717) is 24.2 Å².